The third kappa shape index (κ3) is 1.30. The van der Waals surface area contributed by atoms with Crippen molar-refractivity contribution in [1.29, 1.82) is 0 Å². The van der Waals surface area contributed by atoms with Gasteiger partial charge in [-0.25, -0.2) is 0 Å². The van der Waals surface area contributed by atoms with Gasteiger partial charge in [-0.05, 0) is 24.0 Å². The molecule has 16 heavy (non-hydrogen) atoms. The second-order valence-electron chi connectivity index (χ2n) is 4.42. The fourth-order valence-electron chi connectivity index (χ4n) is 2.77. The van der Waals surface area contributed by atoms with Crippen molar-refractivity contribution in [2.45, 2.75) is 29.1 Å². The van der Waals surface area contributed by atoms with Gasteiger partial charge >= 0.3 is 0 Å². The molecule has 84 valence electrons. The molecule has 2 nitrogen and oxygen atoms in total. The average molecular weight is 256 g/mol. The predicted octanol–water partition coefficient (Wildman–Crippen LogP) is 2.39. The number of fused-ring (bicyclic) bond motifs is 3. The molecule has 0 bridgehead atoms. The van der Waals surface area contributed by atoms with Crippen LogP contribution in [0, 0.1) is 0 Å². The van der Waals surface area contributed by atoms with Gasteiger partial charge in [0, 0.05) is 12.0 Å². The lowest BCUT2D eigenvalue weighted by Crippen LogP contribution is -2.32. The van der Waals surface area contributed by atoms with Crippen LogP contribution in [0.15, 0.2) is 24.3 Å². The monoisotopic (exact) mass is 255 g/mol. The van der Waals surface area contributed by atoms with Gasteiger partial charge in [0.25, 0.3) is 5.91 Å². The van der Waals surface area contributed by atoms with E-state index in [0.29, 0.717) is 0 Å². The molecule has 0 spiro atoms. The van der Waals surface area contributed by atoms with E-state index >= 15 is 0 Å². The SMILES string of the molecule is O=C1NC2CCc3ccccc3C2C1(Cl)Cl. The third-order valence-corrected chi connectivity index (χ3v) is 4.34. The summed E-state index contributed by atoms with van der Waals surface area (Å²) in [6, 6.07) is 8.16. The number of halogens is 2. The molecule has 1 fully saturated rings. The first kappa shape index (κ1) is 10.4. The molecule has 0 radical (unpaired) electrons. The summed E-state index contributed by atoms with van der Waals surface area (Å²) in [4.78, 5) is 11.7. The van der Waals surface area contributed by atoms with E-state index in [0.717, 1.165) is 18.4 Å². The van der Waals surface area contributed by atoms with Crippen LogP contribution in [0.2, 0.25) is 0 Å². The minimum Gasteiger partial charge on any atom is -0.350 e. The van der Waals surface area contributed by atoms with Gasteiger partial charge in [0.1, 0.15) is 0 Å². The second-order valence-corrected chi connectivity index (χ2v) is 5.80. The summed E-state index contributed by atoms with van der Waals surface area (Å²) in [6.45, 7) is 0. The maximum absolute atomic E-state index is 11.7. The van der Waals surface area contributed by atoms with Gasteiger partial charge in [0.05, 0.1) is 0 Å². The van der Waals surface area contributed by atoms with Crippen LogP contribution >= 0.6 is 23.2 Å². The van der Waals surface area contributed by atoms with Crippen LogP contribution in [0.5, 0.6) is 0 Å². The molecule has 2 atom stereocenters. The Balaban J connectivity index is 2.14. The number of nitrogens with one attached hydrogen (secondary N) is 1. The summed E-state index contributed by atoms with van der Waals surface area (Å²) in [7, 11) is 0. The van der Waals surface area contributed by atoms with Crippen molar-refractivity contribution in [3.63, 3.8) is 0 Å². The molecule has 2 unspecified atom stereocenters. The van der Waals surface area contributed by atoms with Crippen LogP contribution in [0.1, 0.15) is 23.5 Å². The van der Waals surface area contributed by atoms with Crippen molar-refractivity contribution >= 4 is 29.1 Å². The van der Waals surface area contributed by atoms with Gasteiger partial charge in [0.15, 0.2) is 0 Å². The Hall–Kier alpha value is -0.730. The lowest BCUT2D eigenvalue weighted by molar-refractivity contribution is -0.120. The van der Waals surface area contributed by atoms with Gasteiger partial charge in [-0.15, -0.1) is 0 Å². The van der Waals surface area contributed by atoms with Gasteiger partial charge in [0.2, 0.25) is 4.33 Å². The number of hydrogen-bond acceptors (Lipinski definition) is 1. The number of alkyl halides is 2. The number of benzene rings is 1. The molecule has 0 aromatic heterocycles. The Morgan fingerprint density at radius 2 is 2.06 bits per heavy atom. The quantitative estimate of drug-likeness (QED) is 0.709. The topological polar surface area (TPSA) is 29.1 Å². The molecule has 1 aromatic rings. The standard InChI is InChI=1S/C12H11Cl2NO/c13-12(14)10-8-4-2-1-3-7(8)5-6-9(10)15-11(12)16/h1-4,9-10H,5-6H2,(H,15,16). The Kier molecular flexibility index (Phi) is 2.20. The van der Waals surface area contributed by atoms with E-state index in [-0.39, 0.29) is 17.9 Å². The lowest BCUT2D eigenvalue weighted by atomic mass is 9.79. The van der Waals surface area contributed by atoms with Gasteiger partial charge < -0.3 is 5.32 Å². The smallest absolute Gasteiger partial charge is 0.257 e. The summed E-state index contributed by atoms with van der Waals surface area (Å²) in [5.41, 5.74) is 2.37. The molecular formula is C12H11Cl2NO. The van der Waals surface area contributed by atoms with E-state index in [1.165, 1.54) is 5.56 Å². The van der Waals surface area contributed by atoms with Crippen molar-refractivity contribution in [1.82, 2.24) is 5.32 Å². The van der Waals surface area contributed by atoms with Crippen molar-refractivity contribution in [3.8, 4) is 0 Å². The molecule has 1 amide bonds. The molecule has 1 heterocycles. The number of aryl methyl sites for hydroxylation is 1. The van der Waals surface area contributed by atoms with Crippen LogP contribution < -0.4 is 5.32 Å². The first-order valence-electron chi connectivity index (χ1n) is 5.37. The molecule has 0 saturated carbocycles. The Morgan fingerprint density at radius 3 is 2.88 bits per heavy atom. The van der Waals surface area contributed by atoms with E-state index in [2.05, 4.69) is 11.4 Å². The normalized spacial score (nSPS) is 30.5. The minimum atomic E-state index is -1.32. The number of carbonyl (C=O) groups excluding carboxylic acids is 1. The maximum Gasteiger partial charge on any atom is 0.257 e. The molecule has 1 aromatic carbocycles. The highest BCUT2D eigenvalue weighted by molar-refractivity contribution is 6.59. The van der Waals surface area contributed by atoms with E-state index in [1.54, 1.807) is 0 Å². The van der Waals surface area contributed by atoms with Crippen LogP contribution in [-0.2, 0) is 11.2 Å². The molecular weight excluding hydrogens is 245 g/mol. The molecule has 1 N–H and O–H groups in total. The molecule has 1 saturated heterocycles. The van der Waals surface area contributed by atoms with Gasteiger partial charge in [-0.1, -0.05) is 47.5 Å². The van der Waals surface area contributed by atoms with Gasteiger partial charge in [-0.3, -0.25) is 4.79 Å². The Labute approximate surface area is 104 Å². The number of carbonyl (C=O) groups is 1. The molecule has 4 heteroatoms. The first-order chi connectivity index (χ1) is 7.60. The first-order valence-corrected chi connectivity index (χ1v) is 6.13. The zero-order chi connectivity index (χ0) is 11.3. The van der Waals surface area contributed by atoms with Crippen molar-refractivity contribution in [2.24, 2.45) is 0 Å². The van der Waals surface area contributed by atoms with Crippen molar-refractivity contribution < 1.29 is 4.79 Å². The van der Waals surface area contributed by atoms with Crippen molar-refractivity contribution in [2.75, 3.05) is 0 Å². The number of rotatable bonds is 0. The van der Waals surface area contributed by atoms with Gasteiger partial charge in [-0.2, -0.15) is 0 Å². The highest BCUT2D eigenvalue weighted by atomic mass is 35.5. The highest BCUT2D eigenvalue weighted by Gasteiger charge is 2.55. The van der Waals surface area contributed by atoms with Crippen LogP contribution in [0.25, 0.3) is 0 Å². The summed E-state index contributed by atoms with van der Waals surface area (Å²) in [5.74, 6) is -0.379. The third-order valence-electron chi connectivity index (χ3n) is 3.53. The minimum absolute atomic E-state index is 0.0809. The second kappa shape index (κ2) is 3.38. The van der Waals surface area contributed by atoms with E-state index in [4.69, 9.17) is 23.2 Å². The van der Waals surface area contributed by atoms with Crippen LogP contribution in [0.3, 0.4) is 0 Å². The number of hydrogen-bond donors (Lipinski definition) is 1. The summed E-state index contributed by atoms with van der Waals surface area (Å²) < 4.78 is -1.32. The molecule has 1 aliphatic carbocycles. The van der Waals surface area contributed by atoms with E-state index in [9.17, 15) is 4.79 Å². The fourth-order valence-corrected chi connectivity index (χ4v) is 3.42. The summed E-state index contributed by atoms with van der Waals surface area (Å²) in [5, 5.41) is 2.88. The lowest BCUT2D eigenvalue weighted by Gasteiger charge is -2.30. The fraction of sp³-hybridized carbons (Fsp3) is 0.417. The van der Waals surface area contributed by atoms with Crippen LogP contribution in [-0.4, -0.2) is 16.3 Å². The zero-order valence-electron chi connectivity index (χ0n) is 8.54. The summed E-state index contributed by atoms with van der Waals surface area (Å²) >= 11 is 12.3. The van der Waals surface area contributed by atoms with E-state index in [1.807, 2.05) is 18.2 Å². The summed E-state index contributed by atoms with van der Waals surface area (Å²) in [6.07, 6.45) is 1.89. The van der Waals surface area contributed by atoms with Crippen molar-refractivity contribution in [3.05, 3.63) is 35.4 Å². The predicted molar refractivity (Wildman–Crippen MR) is 63.9 cm³/mol. The molecule has 1 aliphatic heterocycles. The zero-order valence-corrected chi connectivity index (χ0v) is 10.1. The molecule has 3 rings (SSSR count). The van der Waals surface area contributed by atoms with E-state index < -0.39 is 4.33 Å². The maximum atomic E-state index is 11.7. The highest BCUT2D eigenvalue weighted by Crippen LogP contribution is 2.49. The largest absolute Gasteiger partial charge is 0.350 e. The Bertz CT molecular complexity index is 458. The van der Waals surface area contributed by atoms with Crippen LogP contribution in [0.4, 0.5) is 0 Å². The number of amides is 1. The Morgan fingerprint density at radius 1 is 1.31 bits per heavy atom. The average Bonchev–Trinajstić information content (AvgIpc) is 2.50. The molecule has 2 aliphatic rings.